The number of hydrogen-bond donors (Lipinski definition) is 0. The number of carbonyl (C=O) groups is 1. The van der Waals surface area contributed by atoms with E-state index in [-0.39, 0.29) is 10.7 Å². The van der Waals surface area contributed by atoms with Gasteiger partial charge in [-0.15, -0.1) is 0 Å². The summed E-state index contributed by atoms with van der Waals surface area (Å²) < 4.78 is 27.2. The van der Waals surface area contributed by atoms with E-state index in [1.165, 1.54) is 4.31 Å². The number of Topliss-reactive ketones (excluding diaryl/α,β-unsaturated/α-hetero) is 1. The molecule has 1 heterocycles. The third kappa shape index (κ3) is 3.21. The highest BCUT2D eigenvalue weighted by Gasteiger charge is 2.37. The summed E-state index contributed by atoms with van der Waals surface area (Å²) >= 11 is 0. The average molecular weight is 329 g/mol. The number of benzene rings is 2. The Hall–Kier alpha value is -1.98. The zero-order valence-corrected chi connectivity index (χ0v) is 13.6. The minimum Gasteiger partial charge on any atom is -0.292 e. The van der Waals surface area contributed by atoms with Gasteiger partial charge in [-0.25, -0.2) is 8.42 Å². The van der Waals surface area contributed by atoms with E-state index in [1.807, 2.05) is 6.07 Å². The molecular weight excluding hydrogens is 310 g/mol. The Labute approximate surface area is 136 Å². The summed E-state index contributed by atoms with van der Waals surface area (Å²) in [5.74, 6) is -0.121. The van der Waals surface area contributed by atoms with Crippen LogP contribution in [0.15, 0.2) is 65.6 Å². The zero-order valence-electron chi connectivity index (χ0n) is 12.8. The Morgan fingerprint density at radius 3 is 2.17 bits per heavy atom. The number of sulfonamides is 1. The van der Waals surface area contributed by atoms with E-state index >= 15 is 0 Å². The fraction of sp³-hybridized carbons (Fsp3) is 0.278. The lowest BCUT2D eigenvalue weighted by Gasteiger charge is -2.33. The number of carbonyl (C=O) groups excluding carboxylic acids is 1. The second-order valence-electron chi connectivity index (χ2n) is 5.67. The molecule has 120 valence electrons. The number of rotatable bonds is 4. The van der Waals surface area contributed by atoms with Crippen molar-refractivity contribution in [3.8, 4) is 0 Å². The Bertz CT molecular complexity index is 772. The smallest absolute Gasteiger partial charge is 0.243 e. The maximum absolute atomic E-state index is 12.9. The molecule has 0 amide bonds. The second kappa shape index (κ2) is 6.64. The van der Waals surface area contributed by atoms with Gasteiger partial charge in [0.2, 0.25) is 10.0 Å². The molecule has 0 bridgehead atoms. The summed E-state index contributed by atoms with van der Waals surface area (Å²) in [4.78, 5) is 13.0. The SMILES string of the molecule is O=C(c1ccccc1)[C@H]1CCCCN1S(=O)(=O)c1ccccc1. The number of nitrogens with zero attached hydrogens (tertiary/aromatic N) is 1. The molecule has 0 unspecified atom stereocenters. The van der Waals surface area contributed by atoms with E-state index in [2.05, 4.69) is 0 Å². The molecule has 2 aromatic rings. The Morgan fingerprint density at radius 1 is 0.913 bits per heavy atom. The normalized spacial score (nSPS) is 19.4. The van der Waals surface area contributed by atoms with Gasteiger partial charge in [-0.1, -0.05) is 55.0 Å². The third-order valence-electron chi connectivity index (χ3n) is 4.16. The van der Waals surface area contributed by atoms with Crippen molar-refractivity contribution in [2.75, 3.05) is 6.54 Å². The quantitative estimate of drug-likeness (QED) is 0.810. The highest BCUT2D eigenvalue weighted by atomic mass is 32.2. The molecular formula is C18H19NO3S. The lowest BCUT2D eigenvalue weighted by Crippen LogP contribution is -2.47. The summed E-state index contributed by atoms with van der Waals surface area (Å²) in [6.45, 7) is 0.389. The highest BCUT2D eigenvalue weighted by molar-refractivity contribution is 7.89. The van der Waals surface area contributed by atoms with Crippen molar-refractivity contribution in [1.29, 1.82) is 0 Å². The molecule has 0 spiro atoms. The monoisotopic (exact) mass is 329 g/mol. The molecule has 0 aliphatic carbocycles. The molecule has 1 aliphatic heterocycles. The molecule has 0 saturated carbocycles. The first kappa shape index (κ1) is 15.9. The molecule has 3 rings (SSSR count). The lowest BCUT2D eigenvalue weighted by molar-refractivity contribution is 0.0861. The van der Waals surface area contributed by atoms with Crippen LogP contribution in [0, 0.1) is 0 Å². The fourth-order valence-electron chi connectivity index (χ4n) is 2.98. The summed E-state index contributed by atoms with van der Waals surface area (Å²) in [5, 5.41) is 0. The van der Waals surface area contributed by atoms with Crippen LogP contribution in [0.3, 0.4) is 0 Å². The maximum Gasteiger partial charge on any atom is 0.243 e. The summed E-state index contributed by atoms with van der Waals surface area (Å²) in [7, 11) is -3.65. The predicted molar refractivity (Wildman–Crippen MR) is 88.7 cm³/mol. The van der Waals surface area contributed by atoms with Crippen LogP contribution in [0.5, 0.6) is 0 Å². The van der Waals surface area contributed by atoms with E-state index in [0.29, 0.717) is 18.5 Å². The molecule has 2 aromatic carbocycles. The minimum absolute atomic E-state index is 0.121. The molecule has 1 fully saturated rings. The number of piperidine rings is 1. The van der Waals surface area contributed by atoms with Crippen molar-refractivity contribution < 1.29 is 13.2 Å². The van der Waals surface area contributed by atoms with E-state index in [0.717, 1.165) is 12.8 Å². The van der Waals surface area contributed by atoms with Crippen molar-refractivity contribution >= 4 is 15.8 Å². The first-order valence-corrected chi connectivity index (χ1v) is 9.21. The van der Waals surface area contributed by atoms with Crippen LogP contribution < -0.4 is 0 Å². The Morgan fingerprint density at radius 2 is 1.52 bits per heavy atom. The molecule has 0 aromatic heterocycles. The van der Waals surface area contributed by atoms with Crippen LogP contribution in [0.25, 0.3) is 0 Å². The maximum atomic E-state index is 12.9. The minimum atomic E-state index is -3.65. The van der Waals surface area contributed by atoms with Gasteiger partial charge in [-0.3, -0.25) is 4.79 Å². The zero-order chi connectivity index (χ0) is 16.3. The van der Waals surface area contributed by atoms with Crippen LogP contribution >= 0.6 is 0 Å². The van der Waals surface area contributed by atoms with E-state index in [1.54, 1.807) is 54.6 Å². The summed E-state index contributed by atoms with van der Waals surface area (Å²) in [5.41, 5.74) is 0.563. The number of hydrogen-bond acceptors (Lipinski definition) is 3. The van der Waals surface area contributed by atoms with E-state index in [9.17, 15) is 13.2 Å². The van der Waals surface area contributed by atoms with Gasteiger partial charge in [0.05, 0.1) is 10.9 Å². The van der Waals surface area contributed by atoms with Crippen LogP contribution in [-0.2, 0) is 10.0 Å². The Kier molecular flexibility index (Phi) is 4.59. The average Bonchev–Trinajstić information content (AvgIpc) is 2.62. The third-order valence-corrected chi connectivity index (χ3v) is 6.09. The molecule has 5 heteroatoms. The van der Waals surface area contributed by atoms with E-state index < -0.39 is 16.1 Å². The first-order chi connectivity index (χ1) is 11.1. The summed E-state index contributed by atoms with van der Waals surface area (Å²) in [6, 6.07) is 16.6. The number of ketones is 1. The first-order valence-electron chi connectivity index (χ1n) is 7.77. The molecule has 4 nitrogen and oxygen atoms in total. The van der Waals surface area contributed by atoms with Crippen molar-refractivity contribution in [2.24, 2.45) is 0 Å². The van der Waals surface area contributed by atoms with Gasteiger partial charge in [-0.05, 0) is 25.0 Å². The Balaban J connectivity index is 1.95. The molecule has 1 saturated heterocycles. The van der Waals surface area contributed by atoms with Crippen molar-refractivity contribution in [3.63, 3.8) is 0 Å². The van der Waals surface area contributed by atoms with Crippen LogP contribution in [0.4, 0.5) is 0 Å². The lowest BCUT2D eigenvalue weighted by atomic mass is 9.96. The van der Waals surface area contributed by atoms with Crippen LogP contribution in [0.2, 0.25) is 0 Å². The molecule has 1 atom stereocenters. The van der Waals surface area contributed by atoms with Gasteiger partial charge in [0, 0.05) is 12.1 Å². The topological polar surface area (TPSA) is 54.5 Å². The molecule has 23 heavy (non-hydrogen) atoms. The van der Waals surface area contributed by atoms with Gasteiger partial charge >= 0.3 is 0 Å². The van der Waals surface area contributed by atoms with Gasteiger partial charge in [0.25, 0.3) is 0 Å². The highest BCUT2D eigenvalue weighted by Crippen LogP contribution is 2.27. The summed E-state index contributed by atoms with van der Waals surface area (Å²) in [6.07, 6.45) is 2.22. The van der Waals surface area contributed by atoms with Crippen LogP contribution in [0.1, 0.15) is 29.6 Å². The largest absolute Gasteiger partial charge is 0.292 e. The van der Waals surface area contributed by atoms with Crippen LogP contribution in [-0.4, -0.2) is 31.1 Å². The molecule has 0 radical (unpaired) electrons. The molecule has 1 aliphatic rings. The van der Waals surface area contributed by atoms with Gasteiger partial charge in [0.15, 0.2) is 5.78 Å². The van der Waals surface area contributed by atoms with Gasteiger partial charge in [-0.2, -0.15) is 4.31 Å². The van der Waals surface area contributed by atoms with Crippen molar-refractivity contribution in [2.45, 2.75) is 30.2 Å². The molecule has 0 N–H and O–H groups in total. The van der Waals surface area contributed by atoms with Gasteiger partial charge in [0.1, 0.15) is 0 Å². The predicted octanol–water partition coefficient (Wildman–Crippen LogP) is 3.11. The van der Waals surface area contributed by atoms with E-state index in [4.69, 9.17) is 0 Å². The van der Waals surface area contributed by atoms with Crippen molar-refractivity contribution in [1.82, 2.24) is 4.31 Å². The second-order valence-corrected chi connectivity index (χ2v) is 7.56. The van der Waals surface area contributed by atoms with Crippen molar-refractivity contribution in [3.05, 3.63) is 66.2 Å². The van der Waals surface area contributed by atoms with Gasteiger partial charge < -0.3 is 0 Å². The standard InChI is InChI=1S/C18H19NO3S/c20-18(15-9-3-1-4-10-15)17-13-7-8-14-19(17)23(21,22)16-11-5-2-6-12-16/h1-6,9-12,17H,7-8,13-14H2/t17-/m1/s1. The fourth-order valence-corrected chi connectivity index (χ4v) is 4.65.